The van der Waals surface area contributed by atoms with Gasteiger partial charge in [0.05, 0.1) is 18.2 Å². The van der Waals surface area contributed by atoms with Gasteiger partial charge in [0.1, 0.15) is 12.4 Å². The predicted molar refractivity (Wildman–Crippen MR) is 121 cm³/mol. The molecule has 3 aromatic rings. The van der Waals surface area contributed by atoms with Crippen molar-refractivity contribution in [2.45, 2.75) is 20.5 Å². The molecule has 3 nitrogen and oxygen atoms in total. The van der Waals surface area contributed by atoms with Gasteiger partial charge in [0.15, 0.2) is 11.5 Å². The third-order valence-corrected chi connectivity index (χ3v) is 5.11. The summed E-state index contributed by atoms with van der Waals surface area (Å²) in [6.07, 6.45) is 1.63. The van der Waals surface area contributed by atoms with E-state index in [2.05, 4.69) is 28.1 Å². The standard InChI is InChI=1S/C25H21BrFNO2/c1-3-29-24-13-19(12-20(15-28)21-9-4-5-10-23(21)27)22(26)14-25(24)30-16-18-8-6-7-17(2)11-18/h4-14H,3,16H2,1-2H3. The van der Waals surface area contributed by atoms with E-state index in [1.54, 1.807) is 30.3 Å². The second-order valence-corrected chi connectivity index (χ2v) is 7.54. The van der Waals surface area contributed by atoms with Crippen molar-refractivity contribution >= 4 is 27.6 Å². The highest BCUT2D eigenvalue weighted by Crippen LogP contribution is 2.36. The van der Waals surface area contributed by atoms with E-state index < -0.39 is 5.82 Å². The monoisotopic (exact) mass is 465 g/mol. The largest absolute Gasteiger partial charge is 0.490 e. The SMILES string of the molecule is CCOc1cc(C=C(C#N)c2ccccc2F)c(Br)cc1OCc1cccc(C)c1. The lowest BCUT2D eigenvalue weighted by Crippen LogP contribution is -2.01. The van der Waals surface area contributed by atoms with Crippen molar-refractivity contribution in [3.8, 4) is 17.6 Å². The van der Waals surface area contributed by atoms with Gasteiger partial charge in [-0.05, 0) is 49.2 Å². The van der Waals surface area contributed by atoms with Gasteiger partial charge in [-0.1, -0.05) is 64.0 Å². The number of hydrogen-bond acceptors (Lipinski definition) is 3. The molecule has 3 rings (SSSR count). The van der Waals surface area contributed by atoms with E-state index in [4.69, 9.17) is 9.47 Å². The molecule has 0 bridgehead atoms. The molecule has 0 aliphatic rings. The van der Waals surface area contributed by atoms with Gasteiger partial charge in [-0.2, -0.15) is 5.26 Å². The van der Waals surface area contributed by atoms with E-state index in [9.17, 15) is 9.65 Å². The summed E-state index contributed by atoms with van der Waals surface area (Å²) >= 11 is 3.54. The normalized spacial score (nSPS) is 11.1. The lowest BCUT2D eigenvalue weighted by Gasteiger charge is -2.14. The van der Waals surface area contributed by atoms with Crippen LogP contribution in [0.25, 0.3) is 11.6 Å². The molecule has 0 spiro atoms. The van der Waals surface area contributed by atoms with Gasteiger partial charge in [0.25, 0.3) is 0 Å². The van der Waals surface area contributed by atoms with Crippen LogP contribution >= 0.6 is 15.9 Å². The van der Waals surface area contributed by atoms with Crippen molar-refractivity contribution in [2.24, 2.45) is 0 Å². The maximum absolute atomic E-state index is 14.1. The molecule has 0 N–H and O–H groups in total. The zero-order valence-corrected chi connectivity index (χ0v) is 18.4. The first kappa shape index (κ1) is 21.6. The van der Waals surface area contributed by atoms with Gasteiger partial charge in [-0.25, -0.2) is 4.39 Å². The number of aryl methyl sites for hydroxylation is 1. The topological polar surface area (TPSA) is 42.2 Å². The van der Waals surface area contributed by atoms with Crippen LogP contribution in [0.1, 0.15) is 29.2 Å². The Morgan fingerprint density at radius 3 is 2.53 bits per heavy atom. The van der Waals surface area contributed by atoms with Crippen LogP contribution in [0, 0.1) is 24.1 Å². The Morgan fingerprint density at radius 2 is 1.83 bits per heavy atom. The summed E-state index contributed by atoms with van der Waals surface area (Å²) in [4.78, 5) is 0. The zero-order valence-electron chi connectivity index (χ0n) is 16.8. The molecule has 3 aromatic carbocycles. The molecule has 0 aliphatic carbocycles. The van der Waals surface area contributed by atoms with Gasteiger partial charge in [0, 0.05) is 10.0 Å². The van der Waals surface area contributed by atoms with Crippen LogP contribution < -0.4 is 9.47 Å². The summed E-state index contributed by atoms with van der Waals surface area (Å²) in [7, 11) is 0. The average Bonchev–Trinajstić information content (AvgIpc) is 2.73. The molecule has 0 radical (unpaired) electrons. The molecule has 0 atom stereocenters. The molecular formula is C25H21BrFNO2. The van der Waals surface area contributed by atoms with Crippen molar-refractivity contribution in [1.82, 2.24) is 0 Å². The number of ether oxygens (including phenoxy) is 2. The Labute approximate surface area is 184 Å². The van der Waals surface area contributed by atoms with E-state index in [1.807, 2.05) is 38.1 Å². The van der Waals surface area contributed by atoms with E-state index in [0.29, 0.717) is 34.7 Å². The van der Waals surface area contributed by atoms with Gasteiger partial charge in [0.2, 0.25) is 0 Å². The van der Waals surface area contributed by atoms with Crippen LogP contribution in [-0.2, 0) is 6.61 Å². The molecule has 5 heteroatoms. The number of nitrogens with zero attached hydrogens (tertiary/aromatic N) is 1. The first-order valence-electron chi connectivity index (χ1n) is 9.53. The maximum Gasteiger partial charge on any atom is 0.162 e. The number of hydrogen-bond donors (Lipinski definition) is 0. The second kappa shape index (κ2) is 10.1. The molecule has 0 heterocycles. The molecular weight excluding hydrogens is 445 g/mol. The maximum atomic E-state index is 14.1. The van der Waals surface area contributed by atoms with Crippen molar-refractivity contribution in [3.63, 3.8) is 0 Å². The molecule has 0 amide bonds. The quantitative estimate of drug-likeness (QED) is 0.280. The molecule has 30 heavy (non-hydrogen) atoms. The smallest absolute Gasteiger partial charge is 0.162 e. The fourth-order valence-corrected chi connectivity index (χ4v) is 3.45. The first-order valence-corrected chi connectivity index (χ1v) is 10.3. The highest BCUT2D eigenvalue weighted by Gasteiger charge is 2.13. The Balaban J connectivity index is 1.94. The lowest BCUT2D eigenvalue weighted by atomic mass is 10.0. The number of nitriles is 1. The van der Waals surface area contributed by atoms with E-state index in [-0.39, 0.29) is 11.1 Å². The molecule has 0 saturated heterocycles. The van der Waals surface area contributed by atoms with E-state index in [0.717, 1.165) is 5.56 Å². The summed E-state index contributed by atoms with van der Waals surface area (Å²) in [5, 5.41) is 9.56. The van der Waals surface area contributed by atoms with Crippen molar-refractivity contribution < 1.29 is 13.9 Å². The third kappa shape index (κ3) is 5.28. The van der Waals surface area contributed by atoms with Crippen LogP contribution in [0.15, 0.2) is 65.1 Å². The summed E-state index contributed by atoms with van der Waals surface area (Å²) in [5.41, 5.74) is 3.40. The highest BCUT2D eigenvalue weighted by atomic mass is 79.9. The lowest BCUT2D eigenvalue weighted by molar-refractivity contribution is 0.269. The molecule has 152 valence electrons. The third-order valence-electron chi connectivity index (χ3n) is 4.42. The number of benzene rings is 3. The highest BCUT2D eigenvalue weighted by molar-refractivity contribution is 9.10. The molecule has 0 aromatic heterocycles. The van der Waals surface area contributed by atoms with Gasteiger partial charge in [-0.15, -0.1) is 0 Å². The van der Waals surface area contributed by atoms with Gasteiger partial charge < -0.3 is 9.47 Å². The second-order valence-electron chi connectivity index (χ2n) is 6.68. The zero-order chi connectivity index (χ0) is 21.5. The number of rotatable bonds is 7. The fourth-order valence-electron chi connectivity index (χ4n) is 3.01. The van der Waals surface area contributed by atoms with Crippen LogP contribution in [-0.4, -0.2) is 6.61 Å². The Bertz CT molecular complexity index is 1120. The Hall–Kier alpha value is -3.10. The van der Waals surface area contributed by atoms with E-state index in [1.165, 1.54) is 11.6 Å². The minimum absolute atomic E-state index is 0.227. The average molecular weight is 466 g/mol. The fraction of sp³-hybridized carbons (Fsp3) is 0.160. The molecule has 0 saturated carbocycles. The number of allylic oxidation sites excluding steroid dienone is 1. The van der Waals surface area contributed by atoms with Crippen LogP contribution in [0.2, 0.25) is 0 Å². The summed E-state index contributed by atoms with van der Waals surface area (Å²) in [6.45, 7) is 4.79. The van der Waals surface area contributed by atoms with Crippen LogP contribution in [0.5, 0.6) is 11.5 Å². The molecule has 0 unspecified atom stereocenters. The van der Waals surface area contributed by atoms with E-state index >= 15 is 0 Å². The van der Waals surface area contributed by atoms with Crippen molar-refractivity contribution in [1.29, 1.82) is 5.26 Å². The Morgan fingerprint density at radius 1 is 1.07 bits per heavy atom. The summed E-state index contributed by atoms with van der Waals surface area (Å²) in [5.74, 6) is 0.710. The summed E-state index contributed by atoms with van der Waals surface area (Å²) < 4.78 is 26.6. The summed E-state index contributed by atoms with van der Waals surface area (Å²) in [6, 6.07) is 20.0. The molecule has 0 fully saturated rings. The number of halogens is 2. The van der Waals surface area contributed by atoms with Crippen molar-refractivity contribution in [3.05, 3.63) is 93.2 Å². The van der Waals surface area contributed by atoms with Gasteiger partial charge in [-0.3, -0.25) is 0 Å². The molecule has 0 aliphatic heterocycles. The Kier molecular flexibility index (Phi) is 7.26. The van der Waals surface area contributed by atoms with Crippen molar-refractivity contribution in [2.75, 3.05) is 6.61 Å². The minimum atomic E-state index is -0.440. The van der Waals surface area contributed by atoms with Crippen LogP contribution in [0.3, 0.4) is 0 Å². The minimum Gasteiger partial charge on any atom is -0.490 e. The first-order chi connectivity index (χ1) is 14.5. The predicted octanol–water partition coefficient (Wildman–Crippen LogP) is 6.94. The van der Waals surface area contributed by atoms with Gasteiger partial charge >= 0.3 is 0 Å². The van der Waals surface area contributed by atoms with Crippen LogP contribution in [0.4, 0.5) is 4.39 Å².